The number of sulfone groups is 1. The number of piperazine rings is 12. The zero-order chi connectivity index (χ0) is 47.9. The fourth-order valence-electron chi connectivity index (χ4n) is 14.2. The van der Waals surface area contributed by atoms with Crippen molar-refractivity contribution in [2.45, 2.75) is 62.2 Å². The molecule has 12 aliphatic heterocycles. The fourth-order valence-corrected chi connectivity index (χ4v) is 15.5. The van der Waals surface area contributed by atoms with Crippen LogP contribution < -0.4 is 9.47 Å². The minimum Gasteiger partial charge on any atom is -0.496 e. The average Bonchev–Trinajstić information content (AvgIpc) is 3.39. The van der Waals surface area contributed by atoms with E-state index in [-0.39, 0.29) is 10.3 Å². The molecule has 12 fully saturated rings. The van der Waals surface area contributed by atoms with E-state index in [9.17, 15) is 8.42 Å². The molecule has 16 rings (SSSR count). The molecule has 0 aliphatic carbocycles. The summed E-state index contributed by atoms with van der Waals surface area (Å²) in [7, 11) is -1.74. The lowest BCUT2D eigenvalue weighted by molar-refractivity contribution is -0.954. The summed E-state index contributed by atoms with van der Waals surface area (Å²) >= 11 is 0. The molecule has 13 heteroatoms. The molecule has 0 amide bonds. The molecule has 12 saturated heterocycles. The van der Waals surface area contributed by atoms with E-state index in [1.165, 1.54) is 121 Å². The van der Waals surface area contributed by atoms with E-state index in [4.69, 9.17) is 9.47 Å². The number of nitrogens with zero attached hydrogens (tertiary/aromatic N) is 8. The molecule has 0 N–H and O–H groups in total. The number of rotatable bonds is 15. The van der Waals surface area contributed by atoms with Crippen LogP contribution in [0.15, 0.2) is 82.6 Å². The third-order valence-corrected chi connectivity index (χ3v) is 21.3. The second-order valence-corrected chi connectivity index (χ2v) is 26.0. The van der Waals surface area contributed by atoms with Gasteiger partial charge in [-0.25, -0.2) is 8.42 Å². The van der Waals surface area contributed by atoms with Gasteiger partial charge in [0.25, 0.3) is 0 Å². The highest BCUT2D eigenvalue weighted by molar-refractivity contribution is 7.91. The Morgan fingerprint density at radius 3 is 1.04 bits per heavy atom. The van der Waals surface area contributed by atoms with Crippen LogP contribution in [0.3, 0.4) is 0 Å². The van der Waals surface area contributed by atoms with Gasteiger partial charge in [0.1, 0.15) is 43.4 Å². The number of quaternary nitrogens is 4. The highest BCUT2D eigenvalue weighted by Crippen LogP contribution is 2.45. The maximum atomic E-state index is 13.8. The number of hydrogen-bond acceptors (Lipinski definition) is 8. The van der Waals surface area contributed by atoms with Gasteiger partial charge in [-0.3, -0.25) is 19.6 Å². The number of fused-ring (bicyclic) bond motifs is 12. The van der Waals surface area contributed by atoms with Gasteiger partial charge >= 0.3 is 0 Å². The predicted octanol–water partition coefficient (Wildman–Crippen LogP) is 5.54. The SMILES string of the molecule is COc1c(C[N+]23CCN(CC2)CC3)cc(C(C)(C)c2cc(C[N+]34CCN(CC3)CC4)c(Oc3ccc(S(=O)(=O)c4ccc(C)cc4)cc3)c(C[N+]34CCN(CC3)CC4)c2)cc1C[N+]12CCN(CC1)CC2. The van der Waals surface area contributed by atoms with Gasteiger partial charge in [0.05, 0.1) is 95.4 Å². The quantitative estimate of drug-likeness (QED) is 0.144. The monoisotopic (exact) mass is 973 g/mol. The summed E-state index contributed by atoms with van der Waals surface area (Å²) < 4.78 is 46.1. The van der Waals surface area contributed by atoms with Crippen molar-refractivity contribution in [3.05, 3.63) is 112 Å². The maximum absolute atomic E-state index is 13.8. The Balaban J connectivity index is 0.979. The molecule has 70 heavy (non-hydrogen) atoms. The van der Waals surface area contributed by atoms with Crippen LogP contribution in [-0.2, 0) is 41.4 Å². The van der Waals surface area contributed by atoms with Gasteiger partial charge in [0, 0.05) is 106 Å². The molecule has 8 bridgehead atoms. The molecule has 0 unspecified atom stereocenters. The number of ether oxygens (including phenoxy) is 2. The lowest BCUT2D eigenvalue weighted by Crippen LogP contribution is -2.66. The topological polar surface area (TPSA) is 65.6 Å². The van der Waals surface area contributed by atoms with Crippen molar-refractivity contribution >= 4 is 9.84 Å². The summed E-state index contributed by atoms with van der Waals surface area (Å²) in [5.74, 6) is 2.82. The lowest BCUT2D eigenvalue weighted by atomic mass is 9.75. The summed E-state index contributed by atoms with van der Waals surface area (Å²) in [5.41, 5.74) is 8.87. The standard InChI is InChI=1S/C57H80N8O4S/c1-45-5-9-53(10-6-45)70(66,67)54-11-7-52(8-12-54)69-56-48(43-64-31-19-60(20-32-64)21-33-64)39-51(40-49(56)44-65-34-22-61(23-35-65)24-36-65)57(2,3)50-37-46(41-62-25-13-58(14-26-62)15-27-62)55(68-4)47(38-50)42-63-28-16-59(17-29-63)18-30-63/h5-12,37-40H,13-36,41-44H2,1-4H3/q+4. The van der Waals surface area contributed by atoms with Gasteiger partial charge in [-0.1, -0.05) is 31.5 Å². The lowest BCUT2D eigenvalue weighted by Gasteiger charge is -2.51. The van der Waals surface area contributed by atoms with Crippen LogP contribution in [0.4, 0.5) is 0 Å². The molecule has 12 heterocycles. The molecule has 4 aromatic rings. The van der Waals surface area contributed by atoms with Gasteiger partial charge in [0.2, 0.25) is 9.84 Å². The van der Waals surface area contributed by atoms with Crippen molar-refractivity contribution in [1.29, 1.82) is 0 Å². The van der Waals surface area contributed by atoms with Crippen LogP contribution in [0.1, 0.15) is 52.8 Å². The molecule has 4 aromatic carbocycles. The third-order valence-electron chi connectivity index (χ3n) is 19.5. The Morgan fingerprint density at radius 2 is 0.743 bits per heavy atom. The van der Waals surface area contributed by atoms with Crippen molar-refractivity contribution in [2.24, 2.45) is 0 Å². The Morgan fingerprint density at radius 1 is 0.457 bits per heavy atom. The van der Waals surface area contributed by atoms with Crippen molar-refractivity contribution in [3.8, 4) is 17.2 Å². The first-order valence-electron chi connectivity index (χ1n) is 27.0. The van der Waals surface area contributed by atoms with E-state index < -0.39 is 9.84 Å². The normalized spacial score (nSPS) is 32.3. The Hall–Kier alpha value is -3.89. The zero-order valence-electron chi connectivity index (χ0n) is 42.8. The van der Waals surface area contributed by atoms with Crippen LogP contribution in [0, 0.1) is 6.92 Å². The van der Waals surface area contributed by atoms with Crippen LogP contribution in [-0.4, -0.2) is 210 Å². The summed E-state index contributed by atoms with van der Waals surface area (Å²) in [6.07, 6.45) is 0. The van der Waals surface area contributed by atoms with Crippen LogP contribution in [0.5, 0.6) is 17.2 Å². The summed E-state index contributed by atoms with van der Waals surface area (Å²) in [6.45, 7) is 39.2. The second kappa shape index (κ2) is 17.9. The summed E-state index contributed by atoms with van der Waals surface area (Å²) in [4.78, 5) is 11.2. The van der Waals surface area contributed by atoms with E-state index in [2.05, 4.69) is 57.7 Å². The van der Waals surface area contributed by atoms with Gasteiger partial charge in [-0.05, 0) is 78.7 Å². The minimum atomic E-state index is -3.68. The molecule has 374 valence electrons. The van der Waals surface area contributed by atoms with Crippen molar-refractivity contribution in [1.82, 2.24) is 19.6 Å². The Bertz CT molecular complexity index is 2530. The van der Waals surface area contributed by atoms with Gasteiger partial charge in [-0.15, -0.1) is 0 Å². The first-order chi connectivity index (χ1) is 33.7. The van der Waals surface area contributed by atoms with E-state index in [1.807, 2.05) is 38.3 Å². The molecule has 0 radical (unpaired) electrons. The van der Waals surface area contributed by atoms with Gasteiger partial charge in [-0.2, -0.15) is 0 Å². The highest BCUT2D eigenvalue weighted by Gasteiger charge is 2.45. The largest absolute Gasteiger partial charge is 0.496 e. The van der Waals surface area contributed by atoms with Crippen molar-refractivity contribution in [2.75, 3.05) is 164 Å². The van der Waals surface area contributed by atoms with E-state index >= 15 is 0 Å². The van der Waals surface area contributed by atoms with E-state index in [1.54, 1.807) is 24.3 Å². The minimum absolute atomic E-state index is 0.285. The third kappa shape index (κ3) is 8.82. The first kappa shape index (κ1) is 47.1. The fraction of sp³-hybridized carbons (Fsp3) is 0.579. The molecule has 0 aromatic heterocycles. The summed E-state index contributed by atoms with van der Waals surface area (Å²) in [5, 5.41) is 0. The van der Waals surface area contributed by atoms with Gasteiger partial charge in [0.15, 0.2) is 0 Å². The molecule has 0 saturated carbocycles. The first-order valence-corrected chi connectivity index (χ1v) is 28.5. The molecule has 0 atom stereocenters. The molecule has 12 aliphatic rings. The molecule has 0 spiro atoms. The number of methoxy groups -OCH3 is 1. The number of aryl methyl sites for hydroxylation is 1. The zero-order valence-corrected chi connectivity index (χ0v) is 43.7. The van der Waals surface area contributed by atoms with Crippen LogP contribution >= 0.6 is 0 Å². The highest BCUT2D eigenvalue weighted by atomic mass is 32.2. The Labute approximate surface area is 418 Å². The van der Waals surface area contributed by atoms with E-state index in [0.717, 1.165) is 131 Å². The van der Waals surface area contributed by atoms with Crippen molar-refractivity contribution < 1.29 is 35.8 Å². The molecular weight excluding hydrogens is 893 g/mol. The van der Waals surface area contributed by atoms with Crippen molar-refractivity contribution in [3.63, 3.8) is 0 Å². The average molecular weight is 973 g/mol. The van der Waals surface area contributed by atoms with Gasteiger partial charge < -0.3 is 27.4 Å². The maximum Gasteiger partial charge on any atom is 0.206 e. The van der Waals surface area contributed by atoms with Crippen LogP contribution in [0.2, 0.25) is 0 Å². The smallest absolute Gasteiger partial charge is 0.206 e. The number of benzene rings is 4. The van der Waals surface area contributed by atoms with Crippen LogP contribution in [0.25, 0.3) is 0 Å². The second-order valence-electron chi connectivity index (χ2n) is 24.0. The predicted molar refractivity (Wildman–Crippen MR) is 275 cm³/mol. The number of hydrogen-bond donors (Lipinski definition) is 0. The Kier molecular flexibility index (Phi) is 12.1. The van der Waals surface area contributed by atoms with E-state index in [0.29, 0.717) is 10.6 Å². The summed E-state index contributed by atoms with van der Waals surface area (Å²) in [6, 6.07) is 24.7. The molecular formula is C57H80N8O4S+4. The molecule has 12 nitrogen and oxygen atoms in total.